The lowest BCUT2D eigenvalue weighted by Gasteiger charge is -2.37. The summed E-state index contributed by atoms with van der Waals surface area (Å²) in [7, 11) is 0. The van der Waals surface area contributed by atoms with E-state index in [4.69, 9.17) is 9.47 Å². The molecule has 190 valence electrons. The van der Waals surface area contributed by atoms with Crippen molar-refractivity contribution in [3.63, 3.8) is 0 Å². The lowest BCUT2D eigenvalue weighted by Crippen LogP contribution is -2.37. The Morgan fingerprint density at radius 3 is 2.06 bits per heavy atom. The third-order valence-electron chi connectivity index (χ3n) is 6.53. The summed E-state index contributed by atoms with van der Waals surface area (Å²) in [5, 5.41) is 0. The molecule has 1 saturated carbocycles. The van der Waals surface area contributed by atoms with Gasteiger partial charge >= 0.3 is 6.11 Å². The van der Waals surface area contributed by atoms with Crippen LogP contribution < -0.4 is 4.74 Å². The van der Waals surface area contributed by atoms with Gasteiger partial charge in [0, 0.05) is 17.9 Å². The van der Waals surface area contributed by atoms with E-state index in [-0.39, 0.29) is 29.6 Å². The van der Waals surface area contributed by atoms with E-state index in [9.17, 15) is 26.3 Å². The number of halogens is 6. The van der Waals surface area contributed by atoms with E-state index in [0.29, 0.717) is 51.0 Å². The summed E-state index contributed by atoms with van der Waals surface area (Å²) in [4.78, 5) is 0. The second-order valence-electron chi connectivity index (χ2n) is 8.99. The minimum absolute atomic E-state index is 0.153. The summed E-state index contributed by atoms with van der Waals surface area (Å²) in [6, 6.07) is 3.49. The van der Waals surface area contributed by atoms with Crippen molar-refractivity contribution in [1.29, 1.82) is 0 Å². The Morgan fingerprint density at radius 2 is 1.49 bits per heavy atom. The molecule has 1 saturated heterocycles. The molecule has 35 heavy (non-hydrogen) atoms. The largest absolute Gasteiger partial charge is 0.432 e. The first-order valence-electron chi connectivity index (χ1n) is 11.5. The SMILES string of the molecule is C/C=C/C1COC(C2CCC(c3cc(F)c(C(F)(F)Oc4ccc(F)c(F)c4)c(F)c3)CC2)OC1. The zero-order chi connectivity index (χ0) is 25.2. The molecular formula is C26H26F6O3. The van der Waals surface area contributed by atoms with Crippen LogP contribution in [0.5, 0.6) is 5.75 Å². The molecule has 3 nitrogen and oxygen atoms in total. The Kier molecular flexibility index (Phi) is 7.76. The molecule has 4 rings (SSSR count). The van der Waals surface area contributed by atoms with Crippen molar-refractivity contribution in [1.82, 2.24) is 0 Å². The molecule has 0 aromatic heterocycles. The fourth-order valence-corrected chi connectivity index (χ4v) is 4.76. The van der Waals surface area contributed by atoms with Crippen LogP contribution in [0, 0.1) is 35.1 Å². The fraction of sp³-hybridized carbons (Fsp3) is 0.462. The molecule has 1 aliphatic heterocycles. The molecule has 0 spiro atoms. The Bertz CT molecular complexity index is 1030. The standard InChI is InChI=1S/C26H26F6O3/c1-2-3-15-13-33-25(34-14-15)17-6-4-16(5-7-17)18-10-22(29)24(23(30)11-18)26(31,32)35-19-8-9-20(27)21(28)12-19/h2-3,8-12,15-17,25H,4-7,13-14H2,1H3/b3-2+. The van der Waals surface area contributed by atoms with Crippen LogP contribution in [0.1, 0.15) is 49.7 Å². The first-order valence-corrected chi connectivity index (χ1v) is 11.5. The number of benzene rings is 2. The van der Waals surface area contributed by atoms with Crippen LogP contribution in [0.25, 0.3) is 0 Å². The average molecular weight is 500 g/mol. The molecule has 2 aromatic carbocycles. The number of hydrogen-bond donors (Lipinski definition) is 0. The van der Waals surface area contributed by atoms with Gasteiger partial charge in [0.05, 0.1) is 13.2 Å². The molecule has 0 N–H and O–H groups in total. The summed E-state index contributed by atoms with van der Waals surface area (Å²) in [6.07, 6.45) is 1.87. The molecule has 2 fully saturated rings. The summed E-state index contributed by atoms with van der Waals surface area (Å²) in [5.74, 6) is -6.22. The number of ether oxygens (including phenoxy) is 3. The molecule has 0 bridgehead atoms. The zero-order valence-corrected chi connectivity index (χ0v) is 19.1. The number of allylic oxidation sites excluding steroid dienone is 1. The molecule has 0 unspecified atom stereocenters. The van der Waals surface area contributed by atoms with Gasteiger partial charge in [-0.2, -0.15) is 8.78 Å². The maximum Gasteiger partial charge on any atom is 0.432 e. The van der Waals surface area contributed by atoms with Gasteiger partial charge in [-0.3, -0.25) is 0 Å². The highest BCUT2D eigenvalue weighted by Gasteiger charge is 2.42. The van der Waals surface area contributed by atoms with Crippen LogP contribution in [-0.2, 0) is 15.6 Å². The van der Waals surface area contributed by atoms with Gasteiger partial charge in [-0.1, -0.05) is 12.2 Å². The van der Waals surface area contributed by atoms with Crippen molar-refractivity contribution >= 4 is 0 Å². The van der Waals surface area contributed by atoms with Crippen molar-refractivity contribution in [3.8, 4) is 5.75 Å². The smallest absolute Gasteiger partial charge is 0.429 e. The third-order valence-corrected chi connectivity index (χ3v) is 6.53. The Labute approximate surface area is 199 Å². The van der Waals surface area contributed by atoms with Gasteiger partial charge in [0.15, 0.2) is 17.9 Å². The lowest BCUT2D eigenvalue weighted by atomic mass is 9.78. The molecule has 9 heteroatoms. The van der Waals surface area contributed by atoms with Crippen LogP contribution in [0.4, 0.5) is 26.3 Å². The monoisotopic (exact) mass is 500 g/mol. The molecule has 1 heterocycles. The van der Waals surface area contributed by atoms with Crippen LogP contribution in [0.2, 0.25) is 0 Å². The van der Waals surface area contributed by atoms with E-state index < -0.39 is 40.7 Å². The van der Waals surface area contributed by atoms with Crippen molar-refractivity contribution in [2.24, 2.45) is 11.8 Å². The minimum atomic E-state index is -4.44. The zero-order valence-electron chi connectivity index (χ0n) is 19.1. The highest BCUT2D eigenvalue weighted by atomic mass is 19.3. The Morgan fingerprint density at radius 1 is 0.857 bits per heavy atom. The lowest BCUT2D eigenvalue weighted by molar-refractivity contribution is -0.222. The highest BCUT2D eigenvalue weighted by Crippen LogP contribution is 2.41. The van der Waals surface area contributed by atoms with Gasteiger partial charge in [-0.15, -0.1) is 0 Å². The Hall–Kier alpha value is -2.52. The van der Waals surface area contributed by atoms with E-state index in [1.165, 1.54) is 0 Å². The van der Waals surface area contributed by atoms with E-state index in [0.717, 1.165) is 18.2 Å². The third kappa shape index (κ3) is 5.83. The summed E-state index contributed by atoms with van der Waals surface area (Å²) in [6.45, 7) is 3.09. The molecule has 0 amide bonds. The van der Waals surface area contributed by atoms with E-state index in [1.807, 2.05) is 19.1 Å². The molecule has 1 aliphatic carbocycles. The fourth-order valence-electron chi connectivity index (χ4n) is 4.76. The van der Waals surface area contributed by atoms with Crippen molar-refractivity contribution < 1.29 is 40.6 Å². The molecule has 0 radical (unpaired) electrons. The van der Waals surface area contributed by atoms with Crippen LogP contribution in [0.15, 0.2) is 42.5 Å². The van der Waals surface area contributed by atoms with Crippen molar-refractivity contribution in [3.05, 3.63) is 76.9 Å². The topological polar surface area (TPSA) is 27.7 Å². The second kappa shape index (κ2) is 10.6. The second-order valence-corrected chi connectivity index (χ2v) is 8.99. The predicted octanol–water partition coefficient (Wildman–Crippen LogP) is 7.21. The van der Waals surface area contributed by atoms with E-state index >= 15 is 0 Å². The van der Waals surface area contributed by atoms with Gasteiger partial charge in [0.1, 0.15) is 22.9 Å². The van der Waals surface area contributed by atoms with Crippen LogP contribution in [0.3, 0.4) is 0 Å². The molecule has 0 atom stereocenters. The molecule has 2 aromatic rings. The summed E-state index contributed by atoms with van der Waals surface area (Å²) < 4.78 is 101. The number of rotatable bonds is 6. The average Bonchev–Trinajstić information content (AvgIpc) is 2.81. The summed E-state index contributed by atoms with van der Waals surface area (Å²) >= 11 is 0. The normalized spacial score (nSPS) is 25.7. The van der Waals surface area contributed by atoms with Gasteiger partial charge in [-0.05, 0) is 68.4 Å². The first kappa shape index (κ1) is 25.6. The van der Waals surface area contributed by atoms with E-state index in [2.05, 4.69) is 4.74 Å². The van der Waals surface area contributed by atoms with Crippen molar-refractivity contribution in [2.75, 3.05) is 13.2 Å². The predicted molar refractivity (Wildman–Crippen MR) is 116 cm³/mol. The van der Waals surface area contributed by atoms with Crippen molar-refractivity contribution in [2.45, 2.75) is 50.9 Å². The quantitative estimate of drug-likeness (QED) is 0.310. The van der Waals surface area contributed by atoms with Gasteiger partial charge < -0.3 is 14.2 Å². The van der Waals surface area contributed by atoms with Gasteiger partial charge in [0.2, 0.25) is 0 Å². The maximum atomic E-state index is 14.7. The van der Waals surface area contributed by atoms with Crippen LogP contribution in [-0.4, -0.2) is 19.5 Å². The summed E-state index contributed by atoms with van der Waals surface area (Å²) in [5.41, 5.74) is -1.30. The molecule has 2 aliphatic rings. The molecular weight excluding hydrogens is 474 g/mol. The maximum absolute atomic E-state index is 14.7. The Balaban J connectivity index is 1.41. The highest BCUT2D eigenvalue weighted by molar-refractivity contribution is 5.32. The number of hydrogen-bond acceptors (Lipinski definition) is 3. The van der Waals surface area contributed by atoms with Crippen LogP contribution >= 0.6 is 0 Å². The van der Waals surface area contributed by atoms with E-state index in [1.54, 1.807) is 0 Å². The number of alkyl halides is 2. The van der Waals surface area contributed by atoms with Gasteiger partial charge in [-0.25, -0.2) is 17.6 Å². The minimum Gasteiger partial charge on any atom is -0.429 e. The van der Waals surface area contributed by atoms with Gasteiger partial charge in [0.25, 0.3) is 0 Å². The first-order chi connectivity index (χ1) is 16.7.